The minimum atomic E-state index is -3.16. The largest absolute Gasteiger partial charge is 0.454 e. The average molecular weight is 490 g/mol. The van der Waals surface area contributed by atoms with E-state index in [2.05, 4.69) is 10.3 Å². The number of esters is 1. The van der Waals surface area contributed by atoms with Gasteiger partial charge in [-0.3, -0.25) is 9.59 Å². The van der Waals surface area contributed by atoms with E-state index in [0.29, 0.717) is 6.42 Å². The number of fused-ring (bicyclic) bond motifs is 1. The standard InChI is InChI=1S/C24H31N3O6S/c1-16(28)26-22(12-17-13-25-21-9-5-4-8-20(17)21)24(30)33-14-23(29)27(18-6-2-3-7-18)19-10-11-34(31,32)15-19/h4-5,8-9,13,18-19,22,25H,2-3,6-7,10-12,14-15H2,1H3,(H,26,28)/t19?,22-/m0/s1. The zero-order valence-corrected chi connectivity index (χ0v) is 20.1. The third-order valence-corrected chi connectivity index (χ3v) is 8.46. The lowest BCUT2D eigenvalue weighted by Crippen LogP contribution is -2.49. The Hall–Kier alpha value is -2.88. The number of carbonyl (C=O) groups excluding carboxylic acids is 3. The first-order valence-corrected chi connectivity index (χ1v) is 13.6. The van der Waals surface area contributed by atoms with Crippen molar-refractivity contribution in [1.29, 1.82) is 0 Å². The fraction of sp³-hybridized carbons (Fsp3) is 0.542. The minimum absolute atomic E-state index is 0.0261. The Balaban J connectivity index is 1.44. The first kappa shape index (κ1) is 24.3. The minimum Gasteiger partial charge on any atom is -0.454 e. The van der Waals surface area contributed by atoms with Crippen LogP contribution in [0.2, 0.25) is 0 Å². The highest BCUT2D eigenvalue weighted by atomic mass is 32.2. The summed E-state index contributed by atoms with van der Waals surface area (Å²) in [4.78, 5) is 42.6. The Labute approximate surface area is 199 Å². The van der Waals surface area contributed by atoms with Crippen LogP contribution >= 0.6 is 0 Å². The summed E-state index contributed by atoms with van der Waals surface area (Å²) >= 11 is 0. The van der Waals surface area contributed by atoms with Gasteiger partial charge in [0, 0.05) is 42.5 Å². The van der Waals surface area contributed by atoms with Gasteiger partial charge in [0.25, 0.3) is 5.91 Å². The van der Waals surface area contributed by atoms with Crippen molar-refractivity contribution < 1.29 is 27.5 Å². The molecule has 4 rings (SSSR count). The van der Waals surface area contributed by atoms with Crippen molar-refractivity contribution in [2.75, 3.05) is 18.1 Å². The highest BCUT2D eigenvalue weighted by Crippen LogP contribution is 2.29. The van der Waals surface area contributed by atoms with Crippen LogP contribution in [0.1, 0.15) is 44.6 Å². The maximum Gasteiger partial charge on any atom is 0.329 e. The topological polar surface area (TPSA) is 126 Å². The number of hydrogen-bond donors (Lipinski definition) is 2. The third kappa shape index (κ3) is 5.60. The zero-order chi connectivity index (χ0) is 24.3. The molecule has 1 saturated carbocycles. The van der Waals surface area contributed by atoms with Crippen LogP contribution in [0.25, 0.3) is 10.9 Å². The molecule has 0 radical (unpaired) electrons. The second-order valence-corrected chi connectivity index (χ2v) is 11.4. The van der Waals surface area contributed by atoms with E-state index in [-0.39, 0.29) is 41.8 Å². The first-order chi connectivity index (χ1) is 16.2. The van der Waals surface area contributed by atoms with E-state index in [1.54, 1.807) is 11.1 Å². The van der Waals surface area contributed by atoms with Gasteiger partial charge in [-0.25, -0.2) is 13.2 Å². The number of para-hydroxylation sites is 1. The van der Waals surface area contributed by atoms with Gasteiger partial charge in [-0.05, 0) is 30.9 Å². The summed E-state index contributed by atoms with van der Waals surface area (Å²) in [6.45, 7) is 0.846. The van der Waals surface area contributed by atoms with Crippen LogP contribution in [0.4, 0.5) is 0 Å². The van der Waals surface area contributed by atoms with Gasteiger partial charge in [-0.15, -0.1) is 0 Å². The van der Waals surface area contributed by atoms with Gasteiger partial charge in [0.2, 0.25) is 5.91 Å². The van der Waals surface area contributed by atoms with E-state index in [4.69, 9.17) is 4.74 Å². The van der Waals surface area contributed by atoms with E-state index in [0.717, 1.165) is 42.1 Å². The molecule has 1 aromatic carbocycles. The number of H-pyrrole nitrogens is 1. The molecule has 2 atom stereocenters. The van der Waals surface area contributed by atoms with Crippen LogP contribution in [0.15, 0.2) is 30.5 Å². The van der Waals surface area contributed by atoms with Gasteiger partial charge < -0.3 is 19.9 Å². The Morgan fingerprint density at radius 2 is 1.88 bits per heavy atom. The molecule has 1 aliphatic heterocycles. The van der Waals surface area contributed by atoms with Crippen molar-refractivity contribution >= 4 is 38.5 Å². The molecule has 0 bridgehead atoms. The van der Waals surface area contributed by atoms with E-state index < -0.39 is 28.5 Å². The molecule has 2 aliphatic rings. The molecule has 184 valence electrons. The molecule has 0 spiro atoms. The maximum atomic E-state index is 13.1. The second kappa shape index (κ2) is 10.2. The molecule has 1 unspecified atom stereocenters. The number of aromatic nitrogens is 1. The highest BCUT2D eigenvalue weighted by Gasteiger charge is 2.39. The van der Waals surface area contributed by atoms with Crippen molar-refractivity contribution in [1.82, 2.24) is 15.2 Å². The normalized spacial score (nSPS) is 20.8. The molecule has 10 heteroatoms. The predicted octanol–water partition coefficient (Wildman–Crippen LogP) is 1.72. The summed E-state index contributed by atoms with van der Waals surface area (Å²) in [5.74, 6) is -1.42. The fourth-order valence-corrected chi connectivity index (χ4v) is 6.86. The summed E-state index contributed by atoms with van der Waals surface area (Å²) in [7, 11) is -3.16. The SMILES string of the molecule is CC(=O)N[C@@H](Cc1c[nH]c2ccccc12)C(=O)OCC(=O)N(C1CCCC1)C1CCS(=O)(=O)C1. The summed E-state index contributed by atoms with van der Waals surface area (Å²) in [5, 5.41) is 3.57. The molecule has 1 aromatic heterocycles. The van der Waals surface area contributed by atoms with Gasteiger partial charge >= 0.3 is 5.97 Å². The molecule has 2 aromatic rings. The number of ether oxygens (including phenoxy) is 1. The monoisotopic (exact) mass is 489 g/mol. The fourth-order valence-electron chi connectivity index (χ4n) is 5.15. The number of hydrogen-bond acceptors (Lipinski definition) is 6. The number of sulfone groups is 1. The average Bonchev–Trinajstić information content (AvgIpc) is 3.53. The van der Waals surface area contributed by atoms with Crippen molar-refractivity contribution in [2.45, 2.75) is 63.6 Å². The predicted molar refractivity (Wildman–Crippen MR) is 127 cm³/mol. The van der Waals surface area contributed by atoms with Gasteiger partial charge in [-0.2, -0.15) is 0 Å². The van der Waals surface area contributed by atoms with E-state index in [1.807, 2.05) is 24.3 Å². The number of rotatable bonds is 8. The van der Waals surface area contributed by atoms with Crippen LogP contribution < -0.4 is 5.32 Å². The zero-order valence-electron chi connectivity index (χ0n) is 19.3. The third-order valence-electron chi connectivity index (χ3n) is 6.71. The van der Waals surface area contributed by atoms with Gasteiger partial charge in [-0.1, -0.05) is 31.0 Å². The molecule has 2 amide bonds. The Morgan fingerprint density at radius 3 is 2.56 bits per heavy atom. The Morgan fingerprint density at radius 1 is 1.15 bits per heavy atom. The van der Waals surface area contributed by atoms with Crippen molar-refractivity contribution in [3.8, 4) is 0 Å². The molecule has 2 heterocycles. The van der Waals surface area contributed by atoms with Crippen molar-refractivity contribution in [2.24, 2.45) is 0 Å². The molecular formula is C24H31N3O6S. The molecule has 1 aliphatic carbocycles. The number of aromatic amines is 1. The van der Waals surface area contributed by atoms with Crippen molar-refractivity contribution in [3.05, 3.63) is 36.0 Å². The first-order valence-electron chi connectivity index (χ1n) is 11.7. The smallest absolute Gasteiger partial charge is 0.329 e. The maximum absolute atomic E-state index is 13.1. The summed E-state index contributed by atoms with van der Waals surface area (Å²) in [6, 6.07) is 6.29. The second-order valence-electron chi connectivity index (χ2n) is 9.22. The molecule has 2 N–H and O–H groups in total. The van der Waals surface area contributed by atoms with Gasteiger partial charge in [0.05, 0.1) is 11.5 Å². The lowest BCUT2D eigenvalue weighted by Gasteiger charge is -2.34. The van der Waals surface area contributed by atoms with Crippen LogP contribution in [0.5, 0.6) is 0 Å². The summed E-state index contributed by atoms with van der Waals surface area (Å²) in [5.41, 5.74) is 1.77. The summed E-state index contributed by atoms with van der Waals surface area (Å²) < 4.78 is 29.4. The lowest BCUT2D eigenvalue weighted by molar-refractivity contribution is -0.156. The Kier molecular flexibility index (Phi) is 7.25. The van der Waals surface area contributed by atoms with Gasteiger partial charge in [0.15, 0.2) is 16.4 Å². The molecule has 2 fully saturated rings. The number of nitrogens with one attached hydrogen (secondary N) is 2. The quantitative estimate of drug-likeness (QED) is 0.544. The number of carbonyl (C=O) groups is 3. The highest BCUT2D eigenvalue weighted by molar-refractivity contribution is 7.91. The van der Waals surface area contributed by atoms with E-state index in [9.17, 15) is 22.8 Å². The number of nitrogens with zero attached hydrogens (tertiary/aromatic N) is 1. The van der Waals surface area contributed by atoms with E-state index in [1.165, 1.54) is 6.92 Å². The number of benzene rings is 1. The molecular weight excluding hydrogens is 458 g/mol. The molecule has 9 nitrogen and oxygen atoms in total. The Bertz CT molecular complexity index is 1170. The van der Waals surface area contributed by atoms with Crippen molar-refractivity contribution in [3.63, 3.8) is 0 Å². The van der Waals surface area contributed by atoms with Gasteiger partial charge in [0.1, 0.15) is 6.04 Å². The lowest BCUT2D eigenvalue weighted by atomic mass is 10.0. The van der Waals surface area contributed by atoms with Crippen LogP contribution in [-0.2, 0) is 35.4 Å². The number of amides is 2. The van der Waals surface area contributed by atoms with Crippen LogP contribution in [0, 0.1) is 0 Å². The molecule has 34 heavy (non-hydrogen) atoms. The van der Waals surface area contributed by atoms with Crippen LogP contribution in [0.3, 0.4) is 0 Å². The summed E-state index contributed by atoms with van der Waals surface area (Å²) in [6.07, 6.45) is 6.04. The van der Waals surface area contributed by atoms with E-state index >= 15 is 0 Å². The molecule has 1 saturated heterocycles. The van der Waals surface area contributed by atoms with Crippen LogP contribution in [-0.4, -0.2) is 72.3 Å².